The van der Waals surface area contributed by atoms with Crippen LogP contribution in [0.2, 0.25) is 0 Å². The molecule has 7 nitrogen and oxygen atoms in total. The van der Waals surface area contributed by atoms with E-state index >= 15 is 0 Å². The van der Waals surface area contributed by atoms with E-state index in [9.17, 15) is 18.4 Å². The van der Waals surface area contributed by atoms with Crippen molar-refractivity contribution in [3.05, 3.63) is 75.7 Å². The van der Waals surface area contributed by atoms with E-state index in [-0.39, 0.29) is 30.3 Å². The van der Waals surface area contributed by atoms with Crippen molar-refractivity contribution < 1.29 is 23.1 Å². The minimum Gasteiger partial charge on any atom is -0.486 e. The molecule has 0 spiro atoms. The molecule has 0 bridgehead atoms. The third-order valence-corrected chi connectivity index (χ3v) is 7.09. The van der Waals surface area contributed by atoms with Crippen LogP contribution in [-0.4, -0.2) is 29.0 Å². The highest BCUT2D eigenvalue weighted by Crippen LogP contribution is 2.22. The Morgan fingerprint density at radius 1 is 1.05 bits per heavy atom. The van der Waals surface area contributed by atoms with Gasteiger partial charge in [-0.3, -0.25) is 4.79 Å². The van der Waals surface area contributed by atoms with Gasteiger partial charge < -0.3 is 20.7 Å². The number of thiazole rings is 1. The number of amides is 3. The molecule has 3 aromatic rings. The van der Waals surface area contributed by atoms with Gasteiger partial charge in [0.05, 0.1) is 11.7 Å². The van der Waals surface area contributed by atoms with Gasteiger partial charge in [-0.2, -0.15) is 0 Å². The maximum absolute atomic E-state index is 13.9. The Kier molecular flexibility index (Phi) is 8.70. The summed E-state index contributed by atoms with van der Waals surface area (Å²) in [5.74, 6) is -0.733. The minimum absolute atomic E-state index is 0.122. The Morgan fingerprint density at radius 3 is 2.43 bits per heavy atom. The molecule has 2 aromatic carbocycles. The van der Waals surface area contributed by atoms with Gasteiger partial charge in [-0.15, -0.1) is 11.3 Å². The number of nitrogens with one attached hydrogen (secondary N) is 3. The maximum atomic E-state index is 13.9. The molecule has 0 aliphatic heterocycles. The van der Waals surface area contributed by atoms with Crippen molar-refractivity contribution in [3.8, 4) is 5.75 Å². The fourth-order valence-electron chi connectivity index (χ4n) is 4.21. The van der Waals surface area contributed by atoms with Gasteiger partial charge in [0.15, 0.2) is 0 Å². The average Bonchev–Trinajstić information content (AvgIpc) is 3.35. The summed E-state index contributed by atoms with van der Waals surface area (Å²) >= 11 is 1.34. The van der Waals surface area contributed by atoms with Gasteiger partial charge in [0.2, 0.25) is 0 Å². The number of hydrogen-bond donors (Lipinski definition) is 3. The van der Waals surface area contributed by atoms with E-state index in [1.54, 1.807) is 5.38 Å². The summed E-state index contributed by atoms with van der Waals surface area (Å²) in [6.45, 7) is 4.52. The number of benzene rings is 2. The number of aromatic nitrogens is 1. The molecule has 1 aliphatic rings. The fraction of sp³-hybridized carbons (Fsp3) is 0.370. The monoisotopic (exact) mass is 528 g/mol. The molecular weight excluding hydrogens is 498 g/mol. The normalized spacial score (nSPS) is 17.3. The van der Waals surface area contributed by atoms with Gasteiger partial charge >= 0.3 is 6.03 Å². The van der Waals surface area contributed by atoms with Gasteiger partial charge in [0, 0.05) is 17.5 Å². The molecule has 1 aromatic heterocycles. The first-order valence-corrected chi connectivity index (χ1v) is 13.2. The minimum atomic E-state index is -0.862. The number of anilines is 1. The number of carbonyl (C=O) groups excluding carboxylic acids is 2. The van der Waals surface area contributed by atoms with Gasteiger partial charge in [-0.05, 0) is 48.6 Å². The largest absolute Gasteiger partial charge is 0.486 e. The first-order chi connectivity index (χ1) is 17.8. The van der Waals surface area contributed by atoms with E-state index in [1.165, 1.54) is 16.9 Å². The third kappa shape index (κ3) is 7.25. The first-order valence-electron chi connectivity index (χ1n) is 12.3. The van der Waals surface area contributed by atoms with E-state index < -0.39 is 17.7 Å². The van der Waals surface area contributed by atoms with Crippen molar-refractivity contribution in [1.82, 2.24) is 15.6 Å². The molecule has 4 rings (SSSR count). The summed E-state index contributed by atoms with van der Waals surface area (Å²) in [5, 5.41) is 10.5. The SMILES string of the molecule is CC(C)c1ccc(OCc2nc(C(=O)N[C@H]3CCCC[C@H]3NC(=O)Nc3ccc(F)cc3F)cs2)cc1. The van der Waals surface area contributed by atoms with E-state index in [1.807, 2.05) is 24.3 Å². The molecule has 1 saturated carbocycles. The second-order valence-electron chi connectivity index (χ2n) is 9.33. The van der Waals surface area contributed by atoms with E-state index in [4.69, 9.17) is 4.74 Å². The van der Waals surface area contributed by atoms with Crippen molar-refractivity contribution in [3.63, 3.8) is 0 Å². The summed E-state index contributed by atoms with van der Waals surface area (Å²) in [4.78, 5) is 29.7. The van der Waals surface area contributed by atoms with Gasteiger partial charge in [-0.1, -0.05) is 38.8 Å². The number of halogens is 2. The van der Waals surface area contributed by atoms with Crippen LogP contribution in [0.3, 0.4) is 0 Å². The van der Waals surface area contributed by atoms with Gasteiger partial charge in [0.1, 0.15) is 34.7 Å². The fourth-order valence-corrected chi connectivity index (χ4v) is 4.90. The summed E-state index contributed by atoms with van der Waals surface area (Å²) < 4.78 is 32.8. The smallest absolute Gasteiger partial charge is 0.319 e. The zero-order valence-corrected chi connectivity index (χ0v) is 21.5. The number of carbonyl (C=O) groups is 2. The lowest BCUT2D eigenvalue weighted by molar-refractivity contribution is 0.0911. The highest BCUT2D eigenvalue weighted by Gasteiger charge is 2.29. The molecule has 1 heterocycles. The number of urea groups is 1. The highest BCUT2D eigenvalue weighted by molar-refractivity contribution is 7.09. The van der Waals surface area contributed by atoms with Crippen molar-refractivity contribution in [2.45, 2.75) is 64.1 Å². The number of rotatable bonds is 8. The van der Waals surface area contributed by atoms with Crippen LogP contribution in [0.5, 0.6) is 5.75 Å². The Bertz CT molecular complexity index is 1230. The van der Waals surface area contributed by atoms with Crippen LogP contribution in [0.15, 0.2) is 47.8 Å². The second-order valence-corrected chi connectivity index (χ2v) is 10.3. The van der Waals surface area contributed by atoms with E-state index in [2.05, 4.69) is 34.8 Å². The molecule has 37 heavy (non-hydrogen) atoms. The van der Waals surface area contributed by atoms with E-state index in [0.717, 1.165) is 30.7 Å². The lowest BCUT2D eigenvalue weighted by Gasteiger charge is -2.32. The molecule has 1 fully saturated rings. The van der Waals surface area contributed by atoms with Crippen molar-refractivity contribution in [1.29, 1.82) is 0 Å². The number of ether oxygens (including phenoxy) is 1. The summed E-state index contributed by atoms with van der Waals surface area (Å²) in [6.07, 6.45) is 3.14. The Balaban J connectivity index is 1.30. The molecule has 196 valence electrons. The zero-order valence-electron chi connectivity index (χ0n) is 20.7. The van der Waals surface area contributed by atoms with Crippen molar-refractivity contribution in [2.24, 2.45) is 0 Å². The molecule has 0 saturated heterocycles. The summed E-state index contributed by atoms with van der Waals surface area (Å²) in [5.41, 5.74) is 1.40. The van der Waals surface area contributed by atoms with Crippen molar-refractivity contribution in [2.75, 3.05) is 5.32 Å². The number of hydrogen-bond acceptors (Lipinski definition) is 5. The van der Waals surface area contributed by atoms with Crippen LogP contribution in [0.25, 0.3) is 0 Å². The molecular formula is C27H30F2N4O3S. The standard InChI is InChI=1S/C27H30F2N4O3S/c1-16(2)17-7-10-19(11-8-17)36-14-25-30-24(15-37-25)26(34)31-22-5-3-4-6-23(22)33-27(35)32-21-12-9-18(28)13-20(21)29/h7-13,15-16,22-23H,3-6,14H2,1-2H3,(H,31,34)(H2,32,33,35)/t22-,23+/m0/s1. The molecule has 3 N–H and O–H groups in total. The molecule has 2 atom stereocenters. The Labute approximate surface area is 218 Å². The Hall–Kier alpha value is -3.53. The average molecular weight is 529 g/mol. The van der Waals surface area contributed by atoms with Gasteiger partial charge in [0.25, 0.3) is 5.91 Å². The number of nitrogens with zero attached hydrogens (tertiary/aromatic N) is 1. The zero-order chi connectivity index (χ0) is 26.4. The molecule has 0 unspecified atom stereocenters. The van der Waals surface area contributed by atoms with Crippen LogP contribution in [0.1, 0.15) is 66.5 Å². The summed E-state index contributed by atoms with van der Waals surface area (Å²) in [6, 6.07) is 9.59. The molecule has 10 heteroatoms. The van der Waals surface area contributed by atoms with Crippen LogP contribution in [0, 0.1) is 11.6 Å². The maximum Gasteiger partial charge on any atom is 0.319 e. The molecule has 3 amide bonds. The predicted molar refractivity (Wildman–Crippen MR) is 139 cm³/mol. The van der Waals surface area contributed by atoms with Gasteiger partial charge in [-0.25, -0.2) is 18.6 Å². The van der Waals surface area contributed by atoms with Crippen molar-refractivity contribution >= 4 is 29.0 Å². The van der Waals surface area contributed by atoms with Crippen LogP contribution < -0.4 is 20.7 Å². The van der Waals surface area contributed by atoms with Crippen LogP contribution in [0.4, 0.5) is 19.3 Å². The molecule has 1 aliphatic carbocycles. The first kappa shape index (κ1) is 26.5. The predicted octanol–water partition coefficient (Wildman–Crippen LogP) is 5.99. The quantitative estimate of drug-likeness (QED) is 0.335. The highest BCUT2D eigenvalue weighted by atomic mass is 32.1. The van der Waals surface area contributed by atoms with E-state index in [0.29, 0.717) is 35.5 Å². The van der Waals surface area contributed by atoms with Crippen LogP contribution >= 0.6 is 11.3 Å². The molecule has 0 radical (unpaired) electrons. The second kappa shape index (κ2) is 12.1. The summed E-state index contributed by atoms with van der Waals surface area (Å²) in [7, 11) is 0. The lowest BCUT2D eigenvalue weighted by atomic mass is 9.90. The van der Waals surface area contributed by atoms with Crippen LogP contribution in [-0.2, 0) is 6.61 Å². The Morgan fingerprint density at radius 2 is 1.76 bits per heavy atom. The lowest BCUT2D eigenvalue weighted by Crippen LogP contribution is -2.54. The third-order valence-electron chi connectivity index (χ3n) is 6.27. The topological polar surface area (TPSA) is 92.3 Å².